The Morgan fingerprint density at radius 3 is 2.62 bits per heavy atom. The minimum atomic E-state index is -0.0108. The summed E-state index contributed by atoms with van der Waals surface area (Å²) in [6, 6.07) is 9.17. The second-order valence-corrected chi connectivity index (χ2v) is 7.57. The van der Waals surface area contributed by atoms with E-state index in [1.54, 1.807) is 43.8 Å². The van der Waals surface area contributed by atoms with E-state index in [0.717, 1.165) is 18.0 Å². The maximum atomic E-state index is 12.8. The molecule has 3 heterocycles. The summed E-state index contributed by atoms with van der Waals surface area (Å²) in [5.74, 6) is 2.36. The first kappa shape index (κ1) is 19.4. The summed E-state index contributed by atoms with van der Waals surface area (Å²) in [7, 11) is 3.14. The van der Waals surface area contributed by atoms with Gasteiger partial charge in [-0.25, -0.2) is 0 Å². The Hall–Kier alpha value is -2.91. The highest BCUT2D eigenvalue weighted by Gasteiger charge is 2.24. The lowest BCUT2D eigenvalue weighted by atomic mass is 10.1. The Balaban J connectivity index is 1.34. The van der Waals surface area contributed by atoms with Gasteiger partial charge in [0.1, 0.15) is 0 Å². The summed E-state index contributed by atoms with van der Waals surface area (Å²) in [5.41, 5.74) is 0.591. The summed E-state index contributed by atoms with van der Waals surface area (Å²) in [6.07, 6.45) is 0. The molecule has 0 aliphatic carbocycles. The number of ether oxygens (including phenoxy) is 2. The number of methoxy groups -OCH3 is 2. The van der Waals surface area contributed by atoms with Gasteiger partial charge in [-0.2, -0.15) is 4.98 Å². The lowest BCUT2D eigenvalue weighted by Crippen LogP contribution is -2.48. The fourth-order valence-electron chi connectivity index (χ4n) is 3.28. The Kier molecular flexibility index (Phi) is 5.77. The van der Waals surface area contributed by atoms with E-state index in [1.165, 1.54) is 0 Å². The highest BCUT2D eigenvalue weighted by molar-refractivity contribution is 7.13. The number of piperazine rings is 1. The molecule has 1 fully saturated rings. The molecule has 1 amide bonds. The monoisotopic (exact) mass is 414 g/mol. The van der Waals surface area contributed by atoms with E-state index in [-0.39, 0.29) is 5.91 Å². The van der Waals surface area contributed by atoms with Crippen molar-refractivity contribution in [2.45, 2.75) is 6.54 Å². The largest absolute Gasteiger partial charge is 0.493 e. The van der Waals surface area contributed by atoms with Gasteiger partial charge >= 0.3 is 0 Å². The van der Waals surface area contributed by atoms with Gasteiger partial charge in [0.05, 0.1) is 25.6 Å². The molecule has 1 aliphatic heterocycles. The third-order valence-corrected chi connectivity index (χ3v) is 5.72. The van der Waals surface area contributed by atoms with Crippen LogP contribution in [0.1, 0.15) is 16.2 Å². The molecule has 152 valence electrons. The first-order chi connectivity index (χ1) is 14.2. The van der Waals surface area contributed by atoms with Gasteiger partial charge in [-0.15, -0.1) is 11.3 Å². The quantitative estimate of drug-likeness (QED) is 0.613. The van der Waals surface area contributed by atoms with Crippen LogP contribution < -0.4 is 9.47 Å². The van der Waals surface area contributed by atoms with Crippen molar-refractivity contribution in [3.8, 4) is 22.2 Å². The average Bonchev–Trinajstić information content (AvgIpc) is 3.45. The number of thiophene rings is 1. The summed E-state index contributed by atoms with van der Waals surface area (Å²) >= 11 is 1.58. The number of carbonyl (C=O) groups excluding carboxylic acids is 1. The van der Waals surface area contributed by atoms with Crippen molar-refractivity contribution in [2.75, 3.05) is 40.4 Å². The van der Waals surface area contributed by atoms with Crippen molar-refractivity contribution >= 4 is 17.2 Å². The molecule has 1 saturated heterocycles. The maximum absolute atomic E-state index is 12.8. The summed E-state index contributed by atoms with van der Waals surface area (Å²) < 4.78 is 15.9. The SMILES string of the molecule is COc1ccc(C(=O)N2CCN(Cc3nc(-c4cccs4)no3)CC2)cc1OC. The molecule has 9 heteroatoms. The van der Waals surface area contributed by atoms with Gasteiger partial charge in [-0.05, 0) is 29.6 Å². The maximum Gasteiger partial charge on any atom is 0.254 e. The highest BCUT2D eigenvalue weighted by atomic mass is 32.1. The lowest BCUT2D eigenvalue weighted by Gasteiger charge is -2.34. The Morgan fingerprint density at radius 1 is 1.14 bits per heavy atom. The molecule has 0 N–H and O–H groups in total. The van der Waals surface area contributed by atoms with Gasteiger partial charge in [0, 0.05) is 31.7 Å². The highest BCUT2D eigenvalue weighted by Crippen LogP contribution is 2.28. The van der Waals surface area contributed by atoms with E-state index in [0.29, 0.717) is 48.4 Å². The zero-order valence-electron chi connectivity index (χ0n) is 16.3. The van der Waals surface area contributed by atoms with Crippen LogP contribution in [0.5, 0.6) is 11.5 Å². The molecule has 4 rings (SSSR count). The van der Waals surface area contributed by atoms with E-state index in [4.69, 9.17) is 14.0 Å². The Labute approximate surface area is 172 Å². The number of aromatic nitrogens is 2. The molecular formula is C20H22N4O4S. The van der Waals surface area contributed by atoms with Gasteiger partial charge < -0.3 is 18.9 Å². The van der Waals surface area contributed by atoms with Crippen LogP contribution in [-0.4, -0.2) is 66.2 Å². The van der Waals surface area contributed by atoms with Crippen LogP contribution in [0.3, 0.4) is 0 Å². The predicted octanol–water partition coefficient (Wildman–Crippen LogP) is 2.77. The smallest absolute Gasteiger partial charge is 0.254 e. The van der Waals surface area contributed by atoms with Gasteiger partial charge in [0.2, 0.25) is 11.7 Å². The molecule has 2 aromatic heterocycles. The van der Waals surface area contributed by atoms with E-state index in [1.807, 2.05) is 22.4 Å². The summed E-state index contributed by atoms with van der Waals surface area (Å²) in [6.45, 7) is 3.35. The molecule has 8 nitrogen and oxygen atoms in total. The molecule has 0 spiro atoms. The zero-order chi connectivity index (χ0) is 20.2. The van der Waals surface area contributed by atoms with Gasteiger partial charge in [-0.3, -0.25) is 9.69 Å². The fraction of sp³-hybridized carbons (Fsp3) is 0.350. The van der Waals surface area contributed by atoms with Crippen LogP contribution in [0.4, 0.5) is 0 Å². The van der Waals surface area contributed by atoms with Gasteiger partial charge in [0.15, 0.2) is 11.5 Å². The van der Waals surface area contributed by atoms with E-state index < -0.39 is 0 Å². The predicted molar refractivity (Wildman–Crippen MR) is 108 cm³/mol. The van der Waals surface area contributed by atoms with Crippen LogP contribution in [-0.2, 0) is 6.54 Å². The first-order valence-corrected chi connectivity index (χ1v) is 10.2. The summed E-state index contributed by atoms with van der Waals surface area (Å²) in [5, 5.41) is 6.03. The van der Waals surface area contributed by atoms with Crippen molar-refractivity contribution < 1.29 is 18.8 Å². The van der Waals surface area contributed by atoms with Gasteiger partial charge in [0.25, 0.3) is 5.91 Å². The van der Waals surface area contributed by atoms with Gasteiger partial charge in [-0.1, -0.05) is 11.2 Å². The molecule has 29 heavy (non-hydrogen) atoms. The topological polar surface area (TPSA) is 80.9 Å². The normalized spacial score (nSPS) is 14.8. The van der Waals surface area contributed by atoms with Crippen molar-refractivity contribution in [1.29, 1.82) is 0 Å². The van der Waals surface area contributed by atoms with Crippen LogP contribution in [0.15, 0.2) is 40.2 Å². The molecule has 1 aliphatic rings. The first-order valence-electron chi connectivity index (χ1n) is 9.28. The number of hydrogen-bond donors (Lipinski definition) is 0. The second-order valence-electron chi connectivity index (χ2n) is 6.63. The fourth-order valence-corrected chi connectivity index (χ4v) is 3.93. The summed E-state index contributed by atoms with van der Waals surface area (Å²) in [4.78, 5) is 22.4. The average molecular weight is 414 g/mol. The van der Waals surface area contributed by atoms with Crippen LogP contribution in [0, 0.1) is 0 Å². The number of benzene rings is 1. The molecule has 3 aromatic rings. The molecule has 0 unspecified atom stereocenters. The van der Waals surface area contributed by atoms with Crippen LogP contribution in [0.25, 0.3) is 10.7 Å². The molecule has 1 aromatic carbocycles. The van der Waals surface area contributed by atoms with Crippen molar-refractivity contribution in [1.82, 2.24) is 19.9 Å². The van der Waals surface area contributed by atoms with E-state index in [9.17, 15) is 4.79 Å². The van der Waals surface area contributed by atoms with Crippen LogP contribution in [0.2, 0.25) is 0 Å². The number of nitrogens with zero attached hydrogens (tertiary/aromatic N) is 4. The minimum absolute atomic E-state index is 0.0108. The molecular weight excluding hydrogens is 392 g/mol. The van der Waals surface area contributed by atoms with E-state index >= 15 is 0 Å². The molecule has 0 atom stereocenters. The minimum Gasteiger partial charge on any atom is -0.493 e. The number of carbonyl (C=O) groups is 1. The number of hydrogen-bond acceptors (Lipinski definition) is 8. The van der Waals surface area contributed by atoms with Crippen LogP contribution >= 0.6 is 11.3 Å². The number of rotatable bonds is 6. The van der Waals surface area contributed by atoms with Crippen molar-refractivity contribution in [2.24, 2.45) is 0 Å². The Bertz CT molecular complexity index is 965. The standard InChI is InChI=1S/C20H22N4O4S/c1-26-15-6-5-14(12-16(15)27-2)20(25)24-9-7-23(8-10-24)13-18-21-19(22-28-18)17-4-3-11-29-17/h3-6,11-12H,7-10,13H2,1-2H3. The van der Waals surface area contributed by atoms with Crippen molar-refractivity contribution in [3.63, 3.8) is 0 Å². The molecule has 0 bridgehead atoms. The molecule has 0 saturated carbocycles. The third-order valence-electron chi connectivity index (χ3n) is 4.86. The lowest BCUT2D eigenvalue weighted by molar-refractivity contribution is 0.0614. The Morgan fingerprint density at radius 2 is 1.93 bits per heavy atom. The second kappa shape index (κ2) is 8.62. The zero-order valence-corrected chi connectivity index (χ0v) is 17.1. The third kappa shape index (κ3) is 4.25. The molecule has 0 radical (unpaired) electrons. The van der Waals surface area contributed by atoms with Crippen molar-refractivity contribution in [3.05, 3.63) is 47.2 Å². The van der Waals surface area contributed by atoms with E-state index in [2.05, 4.69) is 15.0 Å². The number of amides is 1.